The summed E-state index contributed by atoms with van der Waals surface area (Å²) in [7, 11) is 0. The van der Waals surface area contributed by atoms with E-state index in [0.717, 1.165) is 0 Å². The molecule has 0 heterocycles. The largest absolute Gasteiger partial charge is 0.325 e. The van der Waals surface area contributed by atoms with Gasteiger partial charge < -0.3 is 10.6 Å². The lowest BCUT2D eigenvalue weighted by molar-refractivity contribution is -0.116. The molecule has 1 amide bonds. The summed E-state index contributed by atoms with van der Waals surface area (Å²) in [5.41, 5.74) is 0.571. The molecule has 1 aromatic carbocycles. The fourth-order valence-electron chi connectivity index (χ4n) is 2.51. The number of anilines is 1. The normalized spacial score (nSPS) is 16.1. The highest BCUT2D eigenvalue weighted by molar-refractivity contribution is 6.43. The lowest BCUT2D eigenvalue weighted by Crippen LogP contribution is -2.33. The molecule has 1 aromatic rings. The zero-order chi connectivity index (χ0) is 14.4. The van der Waals surface area contributed by atoms with Crippen LogP contribution in [0.25, 0.3) is 0 Å². The van der Waals surface area contributed by atoms with Gasteiger partial charge in [-0.05, 0) is 25.0 Å². The first kappa shape index (κ1) is 15.6. The third-order valence-corrected chi connectivity index (χ3v) is 4.43. The van der Waals surface area contributed by atoms with Crippen molar-refractivity contribution in [3.63, 3.8) is 0 Å². The minimum atomic E-state index is -0.0440. The topological polar surface area (TPSA) is 41.1 Å². The van der Waals surface area contributed by atoms with Crippen LogP contribution in [0.1, 0.15) is 38.5 Å². The summed E-state index contributed by atoms with van der Waals surface area (Å²) in [4.78, 5) is 11.9. The van der Waals surface area contributed by atoms with Gasteiger partial charge in [-0.2, -0.15) is 0 Å². The van der Waals surface area contributed by atoms with Crippen LogP contribution >= 0.6 is 23.2 Å². The summed E-state index contributed by atoms with van der Waals surface area (Å²) in [6.07, 6.45) is 6.82. The maximum Gasteiger partial charge on any atom is 0.225 e. The molecule has 0 saturated heterocycles. The second-order valence-corrected chi connectivity index (χ2v) is 5.97. The maximum atomic E-state index is 11.9. The Kier molecular flexibility index (Phi) is 6.14. The summed E-state index contributed by atoms with van der Waals surface area (Å²) in [6, 6.07) is 5.79. The van der Waals surface area contributed by atoms with Crippen LogP contribution in [0.2, 0.25) is 10.0 Å². The fourth-order valence-corrected chi connectivity index (χ4v) is 2.86. The number of nitrogens with one attached hydrogen (secondary N) is 2. The molecule has 0 radical (unpaired) electrons. The van der Waals surface area contributed by atoms with Crippen molar-refractivity contribution in [2.45, 2.75) is 44.6 Å². The number of amides is 1. The van der Waals surface area contributed by atoms with Gasteiger partial charge in [0, 0.05) is 19.0 Å². The lowest BCUT2D eigenvalue weighted by atomic mass is 9.95. The number of rotatable bonds is 5. The third-order valence-electron chi connectivity index (χ3n) is 3.62. The van der Waals surface area contributed by atoms with Crippen molar-refractivity contribution in [1.82, 2.24) is 5.32 Å². The Bertz CT molecular complexity index is 459. The number of carbonyl (C=O) groups is 1. The number of hydrogen-bond acceptors (Lipinski definition) is 2. The van der Waals surface area contributed by atoms with Gasteiger partial charge in [0.05, 0.1) is 15.7 Å². The van der Waals surface area contributed by atoms with Gasteiger partial charge >= 0.3 is 0 Å². The molecule has 5 heteroatoms. The molecule has 2 N–H and O–H groups in total. The van der Waals surface area contributed by atoms with Gasteiger partial charge in [-0.3, -0.25) is 4.79 Å². The predicted octanol–water partition coefficient (Wildman–Crippen LogP) is 4.24. The predicted molar refractivity (Wildman–Crippen MR) is 84.6 cm³/mol. The molecule has 0 aromatic heterocycles. The van der Waals surface area contributed by atoms with E-state index in [1.165, 1.54) is 32.1 Å². The number of halogens is 2. The Morgan fingerprint density at radius 3 is 2.70 bits per heavy atom. The van der Waals surface area contributed by atoms with E-state index in [4.69, 9.17) is 23.2 Å². The van der Waals surface area contributed by atoms with Gasteiger partial charge in [0.15, 0.2) is 0 Å². The van der Waals surface area contributed by atoms with Crippen molar-refractivity contribution in [2.75, 3.05) is 11.9 Å². The van der Waals surface area contributed by atoms with Crippen LogP contribution in [0.4, 0.5) is 5.69 Å². The third kappa shape index (κ3) is 4.65. The zero-order valence-electron chi connectivity index (χ0n) is 11.4. The van der Waals surface area contributed by atoms with E-state index >= 15 is 0 Å². The molecule has 0 unspecified atom stereocenters. The first-order valence-corrected chi connectivity index (χ1v) is 7.89. The van der Waals surface area contributed by atoms with Gasteiger partial charge in [-0.15, -0.1) is 0 Å². The summed E-state index contributed by atoms with van der Waals surface area (Å²) < 4.78 is 0. The molecule has 1 aliphatic carbocycles. The average Bonchev–Trinajstić information content (AvgIpc) is 2.45. The highest BCUT2D eigenvalue weighted by Crippen LogP contribution is 2.29. The minimum absolute atomic E-state index is 0.0440. The van der Waals surface area contributed by atoms with E-state index in [9.17, 15) is 4.79 Å². The Balaban J connectivity index is 1.73. The van der Waals surface area contributed by atoms with E-state index in [0.29, 0.717) is 34.7 Å². The molecule has 3 nitrogen and oxygen atoms in total. The SMILES string of the molecule is O=C(CCNC1CCCCC1)Nc1cccc(Cl)c1Cl. The highest BCUT2D eigenvalue weighted by atomic mass is 35.5. The van der Waals surface area contributed by atoms with Crippen molar-refractivity contribution in [2.24, 2.45) is 0 Å². The smallest absolute Gasteiger partial charge is 0.225 e. The molecule has 1 fully saturated rings. The Morgan fingerprint density at radius 2 is 1.95 bits per heavy atom. The number of hydrogen-bond donors (Lipinski definition) is 2. The van der Waals surface area contributed by atoms with Gasteiger partial charge in [0.25, 0.3) is 0 Å². The minimum Gasteiger partial charge on any atom is -0.325 e. The van der Waals surface area contributed by atoms with Crippen molar-refractivity contribution in [3.8, 4) is 0 Å². The molecule has 20 heavy (non-hydrogen) atoms. The van der Waals surface area contributed by atoms with E-state index in [1.54, 1.807) is 18.2 Å². The maximum absolute atomic E-state index is 11.9. The van der Waals surface area contributed by atoms with Crippen LogP contribution < -0.4 is 10.6 Å². The number of benzene rings is 1. The molecular weight excluding hydrogens is 295 g/mol. The summed E-state index contributed by atoms with van der Waals surface area (Å²) >= 11 is 11.9. The van der Waals surface area contributed by atoms with Gasteiger partial charge in [-0.1, -0.05) is 48.5 Å². The Morgan fingerprint density at radius 1 is 1.20 bits per heavy atom. The molecule has 110 valence electrons. The first-order valence-electron chi connectivity index (χ1n) is 7.14. The Labute approximate surface area is 130 Å². The lowest BCUT2D eigenvalue weighted by Gasteiger charge is -2.22. The molecule has 0 bridgehead atoms. The molecule has 1 saturated carbocycles. The van der Waals surface area contributed by atoms with Crippen LogP contribution in [-0.4, -0.2) is 18.5 Å². The molecule has 0 spiro atoms. The van der Waals surface area contributed by atoms with Gasteiger partial charge in [-0.25, -0.2) is 0 Å². The molecule has 0 aliphatic heterocycles. The monoisotopic (exact) mass is 314 g/mol. The fraction of sp³-hybridized carbons (Fsp3) is 0.533. The highest BCUT2D eigenvalue weighted by Gasteiger charge is 2.13. The quantitative estimate of drug-likeness (QED) is 0.853. The van der Waals surface area contributed by atoms with Crippen LogP contribution in [0.5, 0.6) is 0 Å². The van der Waals surface area contributed by atoms with E-state index < -0.39 is 0 Å². The van der Waals surface area contributed by atoms with Crippen molar-refractivity contribution >= 4 is 34.8 Å². The van der Waals surface area contributed by atoms with Gasteiger partial charge in [0.2, 0.25) is 5.91 Å². The summed E-state index contributed by atoms with van der Waals surface area (Å²) in [5.74, 6) is -0.0440. The van der Waals surface area contributed by atoms with Crippen LogP contribution in [0.3, 0.4) is 0 Å². The Hall–Kier alpha value is -0.770. The first-order chi connectivity index (χ1) is 9.66. The van der Waals surface area contributed by atoms with E-state index in [-0.39, 0.29) is 5.91 Å². The second-order valence-electron chi connectivity index (χ2n) is 5.19. The molecular formula is C15H20Cl2N2O. The summed E-state index contributed by atoms with van der Waals surface area (Å²) in [6.45, 7) is 0.703. The van der Waals surface area contributed by atoms with Crippen molar-refractivity contribution in [3.05, 3.63) is 28.2 Å². The van der Waals surface area contributed by atoms with Gasteiger partial charge in [0.1, 0.15) is 0 Å². The van der Waals surface area contributed by atoms with Crippen molar-refractivity contribution in [1.29, 1.82) is 0 Å². The van der Waals surface area contributed by atoms with E-state index in [2.05, 4.69) is 10.6 Å². The van der Waals surface area contributed by atoms with Crippen LogP contribution in [0.15, 0.2) is 18.2 Å². The molecule has 2 rings (SSSR count). The van der Waals surface area contributed by atoms with Crippen LogP contribution in [-0.2, 0) is 4.79 Å². The molecule has 0 atom stereocenters. The summed E-state index contributed by atoms with van der Waals surface area (Å²) in [5, 5.41) is 7.08. The number of carbonyl (C=O) groups excluding carboxylic acids is 1. The van der Waals surface area contributed by atoms with E-state index in [1.807, 2.05) is 0 Å². The zero-order valence-corrected chi connectivity index (χ0v) is 12.9. The van der Waals surface area contributed by atoms with Crippen molar-refractivity contribution < 1.29 is 4.79 Å². The van der Waals surface area contributed by atoms with Crippen LogP contribution in [0, 0.1) is 0 Å². The molecule has 1 aliphatic rings. The second kappa shape index (κ2) is 7.87. The average molecular weight is 315 g/mol. The standard InChI is InChI=1S/C15H20Cl2N2O/c16-12-7-4-8-13(15(12)17)19-14(20)9-10-18-11-5-2-1-3-6-11/h4,7-8,11,18H,1-3,5-6,9-10H2,(H,19,20).